The lowest BCUT2D eigenvalue weighted by molar-refractivity contribution is -0.141. The summed E-state index contributed by atoms with van der Waals surface area (Å²) < 4.78 is 9.29. The average Bonchev–Trinajstić information content (AvgIpc) is 3.34. The third-order valence-electron chi connectivity index (χ3n) is 9.38. The number of methoxy groups -OCH3 is 2. The van der Waals surface area contributed by atoms with E-state index in [1.54, 1.807) is 59.2 Å². The molecule has 79 heavy (non-hydrogen) atoms. The van der Waals surface area contributed by atoms with Gasteiger partial charge in [-0.3, -0.25) is 28.8 Å². The summed E-state index contributed by atoms with van der Waals surface area (Å²) in [6.45, 7) is 9.55. The Morgan fingerprint density at radius 2 is 0.658 bits per heavy atom. The van der Waals surface area contributed by atoms with Crippen LogP contribution in [0.5, 0.6) is 0 Å². The van der Waals surface area contributed by atoms with E-state index in [0.29, 0.717) is 38.7 Å². The number of likely N-dealkylation sites (N-methyl/N-ethyl adjacent to an activating group) is 2. The Balaban J connectivity index is -0.000000100. The fourth-order valence-corrected chi connectivity index (χ4v) is 4.49. The van der Waals surface area contributed by atoms with Gasteiger partial charge in [-0.15, -0.1) is 0 Å². The second-order valence-corrected chi connectivity index (χ2v) is 20.8. The van der Waals surface area contributed by atoms with E-state index in [-0.39, 0.29) is 42.6 Å². The summed E-state index contributed by atoms with van der Waals surface area (Å²) in [6, 6.07) is 0. The lowest BCUT2D eigenvalue weighted by Crippen LogP contribution is -2.26. The van der Waals surface area contributed by atoms with Gasteiger partial charge in [-0.25, -0.2) is 0 Å². The zero-order valence-electron chi connectivity index (χ0n) is 55.8. The standard InChI is InChI=1S/C8H18N2O.2C7H16N2O.C7H15NO2.C6H14N2O.C6H13NO2.2C5H13NO.C4H11NO/c1-9(2)7-5-6-8(11)10(3)4;1-8(2)6-5-7(10)9(3)4;1-8-7(10)5-4-6-9(2)3;1-8(2)6-4-5-7(9)10-3;1-7-6(9)4-5-8(2)3;1-7(2)5-3-4-6(8)9;1-6(2)4-5-7-3;1-6(2)4-3-5-7;1-5(2)3-4-6/h5-7H2,1-4H3;5-6H2,1-4H3;4-6H2,1-3H3,(H,8,10);4-6H2,1-3H3;4-5H2,1-3H3,(H,7,9);3-5H2,1-2H3,(H,8,9);4-5H2,1-3H3;7H,3-5H2,1-2H3;6H,3-4H2,1-2H3. The maximum Gasteiger partial charge on any atom is 0.305 e. The van der Waals surface area contributed by atoms with Gasteiger partial charge in [-0.2, -0.15) is 0 Å². The molecule has 0 spiro atoms. The fraction of sp³-hybridized carbons (Fsp3) is 0.891. The number of aliphatic carboxylic acids is 1. The first-order chi connectivity index (χ1) is 36.5. The Hall–Kier alpha value is -3.66. The summed E-state index contributed by atoms with van der Waals surface area (Å²) in [6.07, 6.45) is 7.67. The summed E-state index contributed by atoms with van der Waals surface area (Å²) >= 11 is 0. The number of rotatable bonds is 30. The third kappa shape index (κ3) is 127. The molecular weight excluding hydrogens is 1020 g/mol. The molecule has 0 bridgehead atoms. The Morgan fingerprint density at radius 3 is 0.911 bits per heavy atom. The fourth-order valence-electron chi connectivity index (χ4n) is 4.49. The lowest BCUT2D eigenvalue weighted by Gasteiger charge is -2.12. The van der Waals surface area contributed by atoms with Gasteiger partial charge in [0, 0.05) is 121 Å². The summed E-state index contributed by atoms with van der Waals surface area (Å²) in [4.78, 5) is 85.2. The van der Waals surface area contributed by atoms with Crippen molar-refractivity contribution < 1.29 is 53.6 Å². The zero-order chi connectivity index (χ0) is 63.9. The molecule has 0 fully saturated rings. The van der Waals surface area contributed by atoms with E-state index < -0.39 is 5.97 Å². The van der Waals surface area contributed by atoms with Gasteiger partial charge in [0.25, 0.3) is 0 Å². The number of carboxylic acids is 1. The molecule has 5 N–H and O–H groups in total. The van der Waals surface area contributed by atoms with Crippen LogP contribution in [0, 0.1) is 0 Å². The predicted octanol–water partition coefficient (Wildman–Crippen LogP) is 0.780. The minimum Gasteiger partial charge on any atom is -0.481 e. The first kappa shape index (κ1) is 94.6. The molecule has 0 rings (SSSR count). The molecule has 0 atom stereocenters. The van der Waals surface area contributed by atoms with Crippen LogP contribution in [0.15, 0.2) is 0 Å². The number of nitrogens with one attached hydrogen (secondary N) is 2. The monoisotopic (exact) mass is 1150 g/mol. The van der Waals surface area contributed by atoms with E-state index in [4.69, 9.17) is 20.1 Å². The quantitative estimate of drug-likeness (QED) is 0.0625. The largest absolute Gasteiger partial charge is 0.481 e. The Morgan fingerprint density at radius 1 is 0.354 bits per heavy atom. The van der Waals surface area contributed by atoms with Crippen LogP contribution in [0.1, 0.15) is 70.6 Å². The van der Waals surface area contributed by atoms with Gasteiger partial charge in [0.15, 0.2) is 0 Å². The second kappa shape index (κ2) is 72.4. The SMILES string of the molecule is CN(C)CCC(=O)N(C)C.CN(C)CCCC(=O)N(C)C.CN(C)CCCC(=O)O.CN(C)CCCO.CN(C)CCO.CNC(=O)CCCN(C)C.CNC(=O)CCN(C)C.COC(=O)CCCN(C)C.COCCN(C)C. The highest BCUT2D eigenvalue weighted by atomic mass is 16.5. The first-order valence-corrected chi connectivity index (χ1v) is 27.1. The number of amides is 4. The number of hydrogen-bond acceptors (Lipinski definition) is 19. The molecule has 0 aliphatic carbocycles. The summed E-state index contributed by atoms with van der Waals surface area (Å²) in [5.41, 5.74) is 0. The van der Waals surface area contributed by atoms with Crippen LogP contribution in [0.2, 0.25) is 0 Å². The molecule has 0 saturated heterocycles. The smallest absolute Gasteiger partial charge is 0.305 e. The third-order valence-corrected chi connectivity index (χ3v) is 9.38. The molecule has 0 saturated carbocycles. The van der Waals surface area contributed by atoms with Gasteiger partial charge in [-0.1, -0.05) is 0 Å². The Kier molecular flexibility index (Phi) is 86.6. The van der Waals surface area contributed by atoms with Crippen molar-refractivity contribution in [3.63, 3.8) is 0 Å². The van der Waals surface area contributed by atoms with Gasteiger partial charge in [0.05, 0.1) is 20.3 Å². The van der Waals surface area contributed by atoms with Crippen LogP contribution < -0.4 is 10.6 Å². The molecule has 24 heteroatoms. The van der Waals surface area contributed by atoms with Gasteiger partial charge < -0.3 is 89.3 Å². The number of hydrogen-bond donors (Lipinski definition) is 5. The summed E-state index contributed by atoms with van der Waals surface area (Å²) in [5.74, 6) is -0.204. The van der Waals surface area contributed by atoms with Crippen molar-refractivity contribution >= 4 is 35.6 Å². The topological polar surface area (TPSA) is 241 Å². The average molecular weight is 1150 g/mol. The minimum absolute atomic E-state index is 0.101. The highest BCUT2D eigenvalue weighted by Gasteiger charge is 2.04. The van der Waals surface area contributed by atoms with Crippen molar-refractivity contribution in [2.45, 2.75) is 70.6 Å². The molecule has 0 heterocycles. The minimum atomic E-state index is -0.711. The second-order valence-electron chi connectivity index (χ2n) is 20.8. The number of nitrogens with zero attached hydrogens (tertiary/aromatic N) is 11. The molecule has 0 aliphatic rings. The van der Waals surface area contributed by atoms with Gasteiger partial charge >= 0.3 is 11.9 Å². The van der Waals surface area contributed by atoms with Crippen molar-refractivity contribution in [3.8, 4) is 0 Å². The molecule has 480 valence electrons. The highest BCUT2D eigenvalue weighted by molar-refractivity contribution is 5.76. The van der Waals surface area contributed by atoms with Crippen LogP contribution >= 0.6 is 0 Å². The number of aliphatic hydroxyl groups excluding tert-OH is 2. The molecule has 0 unspecified atom stereocenters. The molecular formula is C55H129N13O11. The van der Waals surface area contributed by atoms with Crippen LogP contribution in [0.3, 0.4) is 0 Å². The van der Waals surface area contributed by atoms with Crippen molar-refractivity contribution in [1.29, 1.82) is 0 Å². The Labute approximate surface area is 485 Å². The van der Waals surface area contributed by atoms with Crippen molar-refractivity contribution in [1.82, 2.24) is 64.5 Å². The number of carbonyl (C=O) groups is 6. The van der Waals surface area contributed by atoms with E-state index in [9.17, 15) is 28.8 Å². The summed E-state index contributed by atoms with van der Waals surface area (Å²) in [5, 5.41) is 29.8. The number of carboxylic acid groups (broad SMARTS) is 1. The molecule has 0 aliphatic heterocycles. The molecule has 0 aromatic carbocycles. The molecule has 0 radical (unpaired) electrons. The number of aliphatic hydroxyl groups is 2. The van der Waals surface area contributed by atoms with Crippen molar-refractivity contribution in [2.75, 3.05) is 262 Å². The van der Waals surface area contributed by atoms with Crippen LogP contribution in [0.4, 0.5) is 0 Å². The summed E-state index contributed by atoms with van der Waals surface area (Å²) in [7, 11) is 49.2. The number of ether oxygens (including phenoxy) is 2. The van der Waals surface area contributed by atoms with Crippen molar-refractivity contribution in [2.24, 2.45) is 0 Å². The van der Waals surface area contributed by atoms with Crippen molar-refractivity contribution in [3.05, 3.63) is 0 Å². The molecule has 0 aromatic heterocycles. The van der Waals surface area contributed by atoms with E-state index >= 15 is 0 Å². The van der Waals surface area contributed by atoms with Gasteiger partial charge in [0.2, 0.25) is 23.6 Å². The van der Waals surface area contributed by atoms with E-state index in [2.05, 4.69) is 35.0 Å². The maximum absolute atomic E-state index is 11.0. The first-order valence-electron chi connectivity index (χ1n) is 27.1. The van der Waals surface area contributed by atoms with Gasteiger partial charge in [0.1, 0.15) is 0 Å². The highest BCUT2D eigenvalue weighted by Crippen LogP contribution is 1.95. The molecule has 24 nitrogen and oxygen atoms in total. The van der Waals surface area contributed by atoms with Crippen LogP contribution in [0.25, 0.3) is 0 Å². The van der Waals surface area contributed by atoms with Gasteiger partial charge in [-0.05, 0) is 192 Å². The van der Waals surface area contributed by atoms with E-state index in [1.165, 1.54) is 7.11 Å². The van der Waals surface area contributed by atoms with E-state index in [1.807, 2.05) is 151 Å². The Bertz CT molecular complexity index is 1270. The predicted molar refractivity (Wildman–Crippen MR) is 329 cm³/mol. The van der Waals surface area contributed by atoms with E-state index in [0.717, 1.165) is 97.6 Å². The van der Waals surface area contributed by atoms with Crippen LogP contribution in [-0.4, -0.2) is 367 Å². The lowest BCUT2D eigenvalue weighted by atomic mass is 10.3. The molecule has 0 aromatic rings. The zero-order valence-corrected chi connectivity index (χ0v) is 55.8. The molecule has 4 amide bonds. The normalized spacial score (nSPS) is 10.1. The number of carbonyl (C=O) groups excluding carboxylic acids is 5. The maximum atomic E-state index is 11.0. The van der Waals surface area contributed by atoms with Crippen LogP contribution in [-0.2, 0) is 38.2 Å². The number of esters is 1.